The van der Waals surface area contributed by atoms with Gasteiger partial charge in [0.1, 0.15) is 4.88 Å². The van der Waals surface area contributed by atoms with E-state index in [9.17, 15) is 4.79 Å². The highest BCUT2D eigenvalue weighted by Gasteiger charge is 2.10. The van der Waals surface area contributed by atoms with Crippen molar-refractivity contribution in [2.75, 3.05) is 6.61 Å². The van der Waals surface area contributed by atoms with Crippen LogP contribution < -0.4 is 0 Å². The third-order valence-corrected chi connectivity index (χ3v) is 3.23. The van der Waals surface area contributed by atoms with Crippen molar-refractivity contribution in [2.45, 2.75) is 13.8 Å². The van der Waals surface area contributed by atoms with E-state index in [0.29, 0.717) is 11.5 Å². The molecule has 1 heterocycles. The first kappa shape index (κ1) is 10.2. The van der Waals surface area contributed by atoms with Crippen molar-refractivity contribution in [3.8, 4) is 0 Å². The molecule has 0 atom stereocenters. The van der Waals surface area contributed by atoms with E-state index in [1.165, 1.54) is 16.9 Å². The summed E-state index contributed by atoms with van der Waals surface area (Å²) in [5, 5.41) is 1.11. The van der Waals surface area contributed by atoms with Gasteiger partial charge in [-0.25, -0.2) is 4.79 Å². The second kappa shape index (κ2) is 4.03. The summed E-state index contributed by atoms with van der Waals surface area (Å²) in [5.41, 5.74) is 1.21. The first-order chi connectivity index (χ1) is 7.20. The molecule has 15 heavy (non-hydrogen) atoms. The monoisotopic (exact) mass is 220 g/mol. The molecule has 0 bridgehead atoms. The van der Waals surface area contributed by atoms with E-state index < -0.39 is 0 Å². The molecule has 1 aromatic carbocycles. The Balaban J connectivity index is 2.42. The van der Waals surface area contributed by atoms with Gasteiger partial charge >= 0.3 is 5.97 Å². The first-order valence-corrected chi connectivity index (χ1v) is 5.69. The number of rotatable bonds is 2. The van der Waals surface area contributed by atoms with Crippen molar-refractivity contribution in [1.29, 1.82) is 0 Å². The molecular weight excluding hydrogens is 208 g/mol. The predicted molar refractivity (Wildman–Crippen MR) is 62.5 cm³/mol. The third kappa shape index (κ3) is 2.02. The van der Waals surface area contributed by atoms with E-state index >= 15 is 0 Å². The van der Waals surface area contributed by atoms with Crippen LogP contribution >= 0.6 is 11.3 Å². The van der Waals surface area contributed by atoms with Crippen LogP contribution in [0.5, 0.6) is 0 Å². The molecular formula is C12H12O2S. The summed E-state index contributed by atoms with van der Waals surface area (Å²) in [5.74, 6) is -0.226. The first-order valence-electron chi connectivity index (χ1n) is 4.88. The average Bonchev–Trinajstić information content (AvgIpc) is 2.60. The number of carbonyl (C=O) groups excluding carboxylic acids is 1. The van der Waals surface area contributed by atoms with Gasteiger partial charge in [-0.3, -0.25) is 0 Å². The number of hydrogen-bond donors (Lipinski definition) is 0. The molecule has 0 fully saturated rings. The molecule has 2 aromatic rings. The van der Waals surface area contributed by atoms with Gasteiger partial charge in [0.05, 0.1) is 6.61 Å². The van der Waals surface area contributed by atoms with Gasteiger partial charge in [-0.2, -0.15) is 0 Å². The molecule has 0 aliphatic heterocycles. The SMILES string of the molecule is CCOC(=O)c1cc2ccc(C)cc2s1. The van der Waals surface area contributed by atoms with Crippen LogP contribution in [-0.4, -0.2) is 12.6 Å². The van der Waals surface area contributed by atoms with E-state index in [1.807, 2.05) is 32.0 Å². The quantitative estimate of drug-likeness (QED) is 0.725. The molecule has 0 saturated carbocycles. The lowest BCUT2D eigenvalue weighted by Gasteiger charge is -1.95. The number of fused-ring (bicyclic) bond motifs is 1. The zero-order valence-electron chi connectivity index (χ0n) is 8.74. The molecule has 1 aromatic heterocycles. The highest BCUT2D eigenvalue weighted by Crippen LogP contribution is 2.26. The van der Waals surface area contributed by atoms with Gasteiger partial charge in [-0.1, -0.05) is 12.1 Å². The normalized spacial score (nSPS) is 10.5. The fourth-order valence-electron chi connectivity index (χ4n) is 1.44. The van der Waals surface area contributed by atoms with Crippen molar-refractivity contribution < 1.29 is 9.53 Å². The van der Waals surface area contributed by atoms with E-state index in [2.05, 4.69) is 6.07 Å². The van der Waals surface area contributed by atoms with Gasteiger partial charge in [0, 0.05) is 4.70 Å². The lowest BCUT2D eigenvalue weighted by molar-refractivity contribution is 0.0532. The standard InChI is InChI=1S/C12H12O2S/c1-3-14-12(13)11-7-9-5-4-8(2)6-10(9)15-11/h4-7H,3H2,1-2H3. The van der Waals surface area contributed by atoms with Crippen LogP contribution in [0.4, 0.5) is 0 Å². The molecule has 0 spiro atoms. The molecule has 0 aliphatic carbocycles. The largest absolute Gasteiger partial charge is 0.462 e. The maximum Gasteiger partial charge on any atom is 0.348 e. The fourth-order valence-corrected chi connectivity index (χ4v) is 2.50. The highest BCUT2D eigenvalue weighted by molar-refractivity contribution is 7.20. The van der Waals surface area contributed by atoms with Gasteiger partial charge in [0.2, 0.25) is 0 Å². The number of ether oxygens (including phenoxy) is 1. The Morgan fingerprint density at radius 3 is 2.93 bits per heavy atom. The van der Waals surface area contributed by atoms with Crippen LogP contribution in [0.3, 0.4) is 0 Å². The molecule has 2 nitrogen and oxygen atoms in total. The Morgan fingerprint density at radius 1 is 1.40 bits per heavy atom. The maximum absolute atomic E-state index is 11.5. The van der Waals surface area contributed by atoms with E-state index in [0.717, 1.165) is 10.1 Å². The lowest BCUT2D eigenvalue weighted by atomic mass is 10.2. The summed E-state index contributed by atoms with van der Waals surface area (Å²) in [4.78, 5) is 12.2. The number of hydrogen-bond acceptors (Lipinski definition) is 3. The smallest absolute Gasteiger partial charge is 0.348 e. The van der Waals surface area contributed by atoms with E-state index in [1.54, 1.807) is 0 Å². The fraction of sp³-hybridized carbons (Fsp3) is 0.250. The van der Waals surface area contributed by atoms with E-state index in [-0.39, 0.29) is 5.97 Å². The summed E-state index contributed by atoms with van der Waals surface area (Å²) in [6.07, 6.45) is 0. The number of aryl methyl sites for hydroxylation is 1. The molecule has 3 heteroatoms. The molecule has 0 radical (unpaired) electrons. The summed E-state index contributed by atoms with van der Waals surface area (Å²) in [7, 11) is 0. The summed E-state index contributed by atoms with van der Waals surface area (Å²) in [6.45, 7) is 4.28. The van der Waals surface area contributed by atoms with E-state index in [4.69, 9.17) is 4.74 Å². The second-order valence-corrected chi connectivity index (χ2v) is 4.46. The molecule has 78 valence electrons. The molecule has 0 aliphatic rings. The Bertz CT molecular complexity index is 499. The van der Waals surface area contributed by atoms with Crippen molar-refractivity contribution in [3.63, 3.8) is 0 Å². The molecule has 2 rings (SSSR count). The molecule has 0 unspecified atom stereocenters. The molecule has 0 saturated heterocycles. The Morgan fingerprint density at radius 2 is 2.20 bits per heavy atom. The zero-order chi connectivity index (χ0) is 10.8. The number of esters is 1. The van der Waals surface area contributed by atoms with Gasteiger partial charge < -0.3 is 4.74 Å². The molecule has 0 amide bonds. The minimum atomic E-state index is -0.226. The zero-order valence-corrected chi connectivity index (χ0v) is 9.56. The maximum atomic E-state index is 11.5. The second-order valence-electron chi connectivity index (χ2n) is 3.37. The van der Waals surface area contributed by atoms with Gasteiger partial charge in [-0.15, -0.1) is 11.3 Å². The van der Waals surface area contributed by atoms with Gasteiger partial charge in [0.15, 0.2) is 0 Å². The number of carbonyl (C=O) groups is 1. The Hall–Kier alpha value is -1.35. The summed E-state index contributed by atoms with van der Waals surface area (Å²) < 4.78 is 6.10. The Kier molecular flexibility index (Phi) is 2.73. The van der Waals surface area contributed by atoms with Crippen LogP contribution in [0, 0.1) is 6.92 Å². The van der Waals surface area contributed by atoms with Crippen LogP contribution in [0.25, 0.3) is 10.1 Å². The average molecular weight is 220 g/mol. The minimum Gasteiger partial charge on any atom is -0.462 e. The van der Waals surface area contributed by atoms with Crippen LogP contribution in [-0.2, 0) is 4.74 Å². The van der Waals surface area contributed by atoms with Crippen molar-refractivity contribution >= 4 is 27.4 Å². The van der Waals surface area contributed by atoms with Crippen LogP contribution in [0.15, 0.2) is 24.3 Å². The third-order valence-electron chi connectivity index (χ3n) is 2.15. The van der Waals surface area contributed by atoms with Gasteiger partial charge in [0.25, 0.3) is 0 Å². The topological polar surface area (TPSA) is 26.3 Å². The number of benzene rings is 1. The minimum absolute atomic E-state index is 0.226. The predicted octanol–water partition coefficient (Wildman–Crippen LogP) is 3.39. The summed E-state index contributed by atoms with van der Waals surface area (Å²) >= 11 is 1.48. The highest BCUT2D eigenvalue weighted by atomic mass is 32.1. The summed E-state index contributed by atoms with van der Waals surface area (Å²) in [6, 6.07) is 8.05. The Labute approximate surface area is 92.5 Å². The lowest BCUT2D eigenvalue weighted by Crippen LogP contribution is -2.01. The van der Waals surface area contributed by atoms with Crippen molar-refractivity contribution in [2.24, 2.45) is 0 Å². The number of thiophene rings is 1. The van der Waals surface area contributed by atoms with Crippen molar-refractivity contribution in [3.05, 3.63) is 34.7 Å². The molecule has 0 N–H and O–H groups in total. The van der Waals surface area contributed by atoms with Crippen molar-refractivity contribution in [1.82, 2.24) is 0 Å². The van der Waals surface area contributed by atoms with Crippen LogP contribution in [0.2, 0.25) is 0 Å². The van der Waals surface area contributed by atoms with Crippen LogP contribution in [0.1, 0.15) is 22.2 Å². The van der Waals surface area contributed by atoms with Gasteiger partial charge in [-0.05, 0) is 36.9 Å².